The Balaban J connectivity index is 1.67. The summed E-state index contributed by atoms with van der Waals surface area (Å²) in [7, 11) is 0. The van der Waals surface area contributed by atoms with Crippen molar-refractivity contribution in [1.29, 1.82) is 0 Å². The fraction of sp³-hybridized carbons (Fsp3) is 0.211. The first-order valence-corrected chi connectivity index (χ1v) is 7.72. The molecule has 2 N–H and O–H groups in total. The van der Waals surface area contributed by atoms with E-state index in [1.165, 1.54) is 17.5 Å². The van der Waals surface area contributed by atoms with E-state index in [0.29, 0.717) is 5.56 Å². The van der Waals surface area contributed by atoms with Crippen molar-refractivity contribution >= 4 is 22.5 Å². The van der Waals surface area contributed by atoms with Gasteiger partial charge in [0.25, 0.3) is 5.91 Å². The number of benzene rings is 2. The Morgan fingerprint density at radius 3 is 2.91 bits per heavy atom. The molecule has 1 aromatic heterocycles. The van der Waals surface area contributed by atoms with Crippen molar-refractivity contribution in [3.05, 3.63) is 64.8 Å². The fourth-order valence-corrected chi connectivity index (χ4v) is 3.39. The molecule has 0 fully saturated rings. The average molecular weight is 290 g/mol. The Labute approximate surface area is 129 Å². The van der Waals surface area contributed by atoms with Crippen LogP contribution >= 0.6 is 0 Å². The number of aryl methyl sites for hydroxylation is 3. The van der Waals surface area contributed by atoms with Gasteiger partial charge in [0, 0.05) is 22.8 Å². The quantitative estimate of drug-likeness (QED) is 0.729. The normalized spacial score (nSPS) is 13.3. The standard InChI is InChI=1S/C19H18N2O/c1-12-4-2-7-17-18(12)16(11-20-17)19(22)21-15-9-8-13-5-3-6-14(13)10-15/h2,4,7-11,20H,3,5-6H2,1H3,(H,21,22). The highest BCUT2D eigenvalue weighted by molar-refractivity contribution is 6.13. The van der Waals surface area contributed by atoms with Crippen LogP contribution in [0.2, 0.25) is 0 Å². The third-order valence-electron chi connectivity index (χ3n) is 4.52. The topological polar surface area (TPSA) is 44.9 Å². The van der Waals surface area contributed by atoms with Crippen molar-refractivity contribution in [3.63, 3.8) is 0 Å². The number of carbonyl (C=O) groups is 1. The van der Waals surface area contributed by atoms with Gasteiger partial charge >= 0.3 is 0 Å². The van der Waals surface area contributed by atoms with E-state index in [4.69, 9.17) is 0 Å². The molecule has 1 heterocycles. The first kappa shape index (κ1) is 13.1. The number of carbonyl (C=O) groups excluding carboxylic acids is 1. The molecule has 3 aromatic rings. The van der Waals surface area contributed by atoms with Crippen LogP contribution in [0.5, 0.6) is 0 Å². The van der Waals surface area contributed by atoms with Crippen LogP contribution in [0.4, 0.5) is 5.69 Å². The molecule has 1 aliphatic rings. The summed E-state index contributed by atoms with van der Waals surface area (Å²) in [6.45, 7) is 2.03. The minimum absolute atomic E-state index is 0.0569. The second kappa shape index (κ2) is 5.02. The molecule has 1 amide bonds. The molecule has 110 valence electrons. The van der Waals surface area contributed by atoms with Crippen LogP contribution in [0, 0.1) is 6.92 Å². The summed E-state index contributed by atoms with van der Waals surface area (Å²) in [6.07, 6.45) is 5.28. The maximum Gasteiger partial charge on any atom is 0.257 e. The lowest BCUT2D eigenvalue weighted by atomic mass is 10.1. The van der Waals surface area contributed by atoms with Gasteiger partial charge < -0.3 is 10.3 Å². The molecule has 1 aliphatic carbocycles. The van der Waals surface area contributed by atoms with Crippen LogP contribution in [0.1, 0.15) is 33.5 Å². The van der Waals surface area contributed by atoms with E-state index in [0.717, 1.165) is 35.0 Å². The summed E-state index contributed by atoms with van der Waals surface area (Å²) in [6, 6.07) is 12.3. The summed E-state index contributed by atoms with van der Waals surface area (Å²) in [5, 5.41) is 4.04. The highest BCUT2D eigenvalue weighted by Gasteiger charge is 2.15. The maximum atomic E-state index is 12.6. The third kappa shape index (κ3) is 2.10. The van der Waals surface area contributed by atoms with Crippen molar-refractivity contribution < 1.29 is 4.79 Å². The Hall–Kier alpha value is -2.55. The molecule has 0 bridgehead atoms. The predicted octanol–water partition coefficient (Wildman–Crippen LogP) is 4.22. The van der Waals surface area contributed by atoms with E-state index < -0.39 is 0 Å². The van der Waals surface area contributed by atoms with E-state index in [1.54, 1.807) is 6.20 Å². The Kier molecular flexibility index (Phi) is 3.00. The number of amides is 1. The summed E-state index contributed by atoms with van der Waals surface area (Å²) in [5.74, 6) is -0.0569. The smallest absolute Gasteiger partial charge is 0.257 e. The van der Waals surface area contributed by atoms with E-state index in [1.807, 2.05) is 31.2 Å². The van der Waals surface area contributed by atoms with Crippen molar-refractivity contribution in [2.45, 2.75) is 26.2 Å². The molecule has 0 aliphatic heterocycles. The number of fused-ring (bicyclic) bond motifs is 2. The van der Waals surface area contributed by atoms with E-state index in [9.17, 15) is 4.79 Å². The summed E-state index contributed by atoms with van der Waals surface area (Å²) < 4.78 is 0. The zero-order valence-corrected chi connectivity index (χ0v) is 12.6. The molecule has 3 heteroatoms. The van der Waals surface area contributed by atoms with Gasteiger partial charge in [-0.15, -0.1) is 0 Å². The number of H-pyrrole nitrogens is 1. The van der Waals surface area contributed by atoms with Gasteiger partial charge in [0.15, 0.2) is 0 Å². The Morgan fingerprint density at radius 2 is 2.00 bits per heavy atom. The zero-order valence-electron chi connectivity index (χ0n) is 12.6. The largest absolute Gasteiger partial charge is 0.360 e. The number of hydrogen-bond donors (Lipinski definition) is 2. The van der Waals surface area contributed by atoms with Crippen LogP contribution in [0.15, 0.2) is 42.6 Å². The summed E-state index contributed by atoms with van der Waals surface area (Å²) >= 11 is 0. The van der Waals surface area contributed by atoms with Gasteiger partial charge in [-0.05, 0) is 61.1 Å². The molecule has 0 unspecified atom stereocenters. The lowest BCUT2D eigenvalue weighted by Gasteiger charge is -2.07. The van der Waals surface area contributed by atoms with Gasteiger partial charge in [-0.2, -0.15) is 0 Å². The van der Waals surface area contributed by atoms with Crippen LogP contribution in [0.3, 0.4) is 0 Å². The molecule has 0 saturated carbocycles. The van der Waals surface area contributed by atoms with Crippen molar-refractivity contribution in [1.82, 2.24) is 4.98 Å². The molecule has 0 radical (unpaired) electrons. The zero-order chi connectivity index (χ0) is 15.1. The van der Waals surface area contributed by atoms with Crippen LogP contribution < -0.4 is 5.32 Å². The van der Waals surface area contributed by atoms with E-state index >= 15 is 0 Å². The van der Waals surface area contributed by atoms with Crippen LogP contribution in [-0.4, -0.2) is 10.9 Å². The SMILES string of the molecule is Cc1cccc2[nH]cc(C(=O)Nc3ccc4c(c3)CCC4)c12. The highest BCUT2D eigenvalue weighted by Crippen LogP contribution is 2.26. The number of rotatable bonds is 2. The molecule has 4 rings (SSSR count). The number of aromatic amines is 1. The number of anilines is 1. The monoisotopic (exact) mass is 290 g/mol. The van der Waals surface area contributed by atoms with E-state index in [-0.39, 0.29) is 5.91 Å². The molecule has 22 heavy (non-hydrogen) atoms. The number of aromatic nitrogens is 1. The number of hydrogen-bond acceptors (Lipinski definition) is 1. The molecule has 3 nitrogen and oxygen atoms in total. The van der Waals surface area contributed by atoms with Gasteiger partial charge in [0.05, 0.1) is 5.56 Å². The first-order chi connectivity index (χ1) is 10.7. The lowest BCUT2D eigenvalue weighted by Crippen LogP contribution is -2.11. The van der Waals surface area contributed by atoms with Gasteiger partial charge in [-0.1, -0.05) is 18.2 Å². The molecular weight excluding hydrogens is 272 g/mol. The average Bonchev–Trinajstić information content (AvgIpc) is 3.13. The lowest BCUT2D eigenvalue weighted by molar-refractivity contribution is 0.102. The van der Waals surface area contributed by atoms with Crippen molar-refractivity contribution in [2.24, 2.45) is 0 Å². The third-order valence-corrected chi connectivity index (χ3v) is 4.52. The van der Waals surface area contributed by atoms with Gasteiger partial charge in [0.1, 0.15) is 0 Å². The second-order valence-electron chi connectivity index (χ2n) is 5.99. The van der Waals surface area contributed by atoms with Gasteiger partial charge in [0.2, 0.25) is 0 Å². The number of nitrogens with one attached hydrogen (secondary N) is 2. The van der Waals surface area contributed by atoms with E-state index in [2.05, 4.69) is 22.4 Å². The van der Waals surface area contributed by atoms with Crippen LogP contribution in [0.25, 0.3) is 10.9 Å². The maximum absolute atomic E-state index is 12.6. The fourth-order valence-electron chi connectivity index (χ4n) is 3.39. The molecule has 0 spiro atoms. The van der Waals surface area contributed by atoms with Crippen molar-refractivity contribution in [2.75, 3.05) is 5.32 Å². The molecule has 2 aromatic carbocycles. The Morgan fingerprint density at radius 1 is 1.14 bits per heavy atom. The van der Waals surface area contributed by atoms with Crippen LogP contribution in [-0.2, 0) is 12.8 Å². The Bertz CT molecular complexity index is 876. The summed E-state index contributed by atoms with van der Waals surface area (Å²) in [5.41, 5.74) is 6.48. The second-order valence-corrected chi connectivity index (χ2v) is 5.99. The minimum atomic E-state index is -0.0569. The molecular formula is C19H18N2O. The van der Waals surface area contributed by atoms with Gasteiger partial charge in [-0.3, -0.25) is 4.79 Å². The first-order valence-electron chi connectivity index (χ1n) is 7.72. The predicted molar refractivity (Wildman–Crippen MR) is 89.5 cm³/mol. The molecule has 0 saturated heterocycles. The minimum Gasteiger partial charge on any atom is -0.360 e. The van der Waals surface area contributed by atoms with Crippen molar-refractivity contribution in [3.8, 4) is 0 Å². The molecule has 0 atom stereocenters. The van der Waals surface area contributed by atoms with Gasteiger partial charge in [-0.25, -0.2) is 0 Å². The highest BCUT2D eigenvalue weighted by atomic mass is 16.1. The summed E-state index contributed by atoms with van der Waals surface area (Å²) in [4.78, 5) is 15.8.